The van der Waals surface area contributed by atoms with Crippen LogP contribution in [0, 0.1) is 6.92 Å². The number of hydrogen-bond donors (Lipinski definition) is 2. The van der Waals surface area contributed by atoms with E-state index in [-0.39, 0.29) is 12.1 Å². The first-order chi connectivity index (χ1) is 6.05. The quantitative estimate of drug-likeness (QED) is 0.744. The van der Waals surface area contributed by atoms with Crippen molar-refractivity contribution in [2.75, 3.05) is 6.61 Å². The minimum Gasteiger partial charge on any atom is -0.390 e. The summed E-state index contributed by atoms with van der Waals surface area (Å²) in [6, 6.07) is 2.14. The largest absolute Gasteiger partial charge is 0.390 e. The summed E-state index contributed by atoms with van der Waals surface area (Å²) in [5, 5.41) is 13.4. The molecule has 0 spiro atoms. The molecule has 1 heterocycles. The molecule has 13 heavy (non-hydrogen) atoms. The standard InChI is InChI=1S/C10H17NOS/c1-8-4-5-13-9(8)6-11-10(2,3)7-12/h4-5,11-12H,6-7H2,1-3H3/p+1. The molecule has 0 bridgehead atoms. The van der Waals surface area contributed by atoms with E-state index in [1.807, 2.05) is 0 Å². The van der Waals surface area contributed by atoms with Gasteiger partial charge >= 0.3 is 0 Å². The van der Waals surface area contributed by atoms with Gasteiger partial charge in [0.1, 0.15) is 12.1 Å². The minimum atomic E-state index is -0.0591. The number of thiophene rings is 1. The minimum absolute atomic E-state index is 0.0591. The fourth-order valence-corrected chi connectivity index (χ4v) is 1.92. The van der Waals surface area contributed by atoms with Gasteiger partial charge in [0.15, 0.2) is 0 Å². The van der Waals surface area contributed by atoms with Crippen molar-refractivity contribution in [2.24, 2.45) is 0 Å². The number of nitrogens with two attached hydrogens (primary N) is 1. The van der Waals surface area contributed by atoms with E-state index in [0.29, 0.717) is 0 Å². The van der Waals surface area contributed by atoms with Crippen LogP contribution in [0.15, 0.2) is 11.4 Å². The number of aliphatic hydroxyl groups is 1. The van der Waals surface area contributed by atoms with Crippen LogP contribution in [0.4, 0.5) is 0 Å². The van der Waals surface area contributed by atoms with Gasteiger partial charge in [-0.05, 0) is 37.8 Å². The van der Waals surface area contributed by atoms with Crippen LogP contribution in [0.3, 0.4) is 0 Å². The maximum absolute atomic E-state index is 9.06. The Kier molecular flexibility index (Phi) is 3.47. The summed E-state index contributed by atoms with van der Waals surface area (Å²) in [4.78, 5) is 1.40. The Morgan fingerprint density at radius 1 is 1.54 bits per heavy atom. The van der Waals surface area contributed by atoms with Crippen molar-refractivity contribution in [3.05, 3.63) is 21.9 Å². The molecule has 0 unspecified atom stereocenters. The summed E-state index contributed by atoms with van der Waals surface area (Å²) in [6.07, 6.45) is 0. The second-order valence-corrected chi connectivity index (χ2v) is 5.08. The van der Waals surface area contributed by atoms with Gasteiger partial charge in [0.25, 0.3) is 0 Å². The van der Waals surface area contributed by atoms with Crippen LogP contribution in [-0.4, -0.2) is 17.3 Å². The summed E-state index contributed by atoms with van der Waals surface area (Å²) < 4.78 is 0. The van der Waals surface area contributed by atoms with Gasteiger partial charge in [-0.15, -0.1) is 11.3 Å². The highest BCUT2D eigenvalue weighted by Crippen LogP contribution is 2.13. The van der Waals surface area contributed by atoms with Crippen molar-refractivity contribution in [3.63, 3.8) is 0 Å². The molecule has 1 aromatic heterocycles. The predicted molar refractivity (Wildman–Crippen MR) is 55.9 cm³/mol. The van der Waals surface area contributed by atoms with Crippen molar-refractivity contribution in [3.8, 4) is 0 Å². The summed E-state index contributed by atoms with van der Waals surface area (Å²) in [7, 11) is 0. The summed E-state index contributed by atoms with van der Waals surface area (Å²) >= 11 is 1.79. The molecule has 0 aliphatic rings. The van der Waals surface area contributed by atoms with Crippen LogP contribution in [-0.2, 0) is 6.54 Å². The Balaban J connectivity index is 2.48. The van der Waals surface area contributed by atoms with Gasteiger partial charge < -0.3 is 10.4 Å². The number of aryl methyl sites for hydroxylation is 1. The second kappa shape index (κ2) is 4.22. The van der Waals surface area contributed by atoms with Crippen LogP contribution < -0.4 is 5.32 Å². The van der Waals surface area contributed by atoms with Crippen molar-refractivity contribution in [1.82, 2.24) is 0 Å². The predicted octanol–water partition coefficient (Wildman–Crippen LogP) is 0.891. The van der Waals surface area contributed by atoms with Gasteiger partial charge in [0.05, 0.1) is 11.5 Å². The molecule has 74 valence electrons. The maximum atomic E-state index is 9.06. The first kappa shape index (κ1) is 10.7. The zero-order chi connectivity index (χ0) is 9.90. The Bertz CT molecular complexity index is 268. The molecule has 0 aliphatic heterocycles. The molecule has 0 atom stereocenters. The highest BCUT2D eigenvalue weighted by atomic mass is 32.1. The Hall–Kier alpha value is -0.380. The molecule has 0 saturated carbocycles. The Labute approximate surface area is 83.6 Å². The van der Waals surface area contributed by atoms with E-state index in [9.17, 15) is 0 Å². The van der Waals surface area contributed by atoms with Gasteiger partial charge in [-0.1, -0.05) is 0 Å². The Morgan fingerprint density at radius 3 is 2.69 bits per heavy atom. The molecule has 1 rings (SSSR count). The molecule has 0 aliphatic carbocycles. The van der Waals surface area contributed by atoms with Crippen LogP contribution in [0.2, 0.25) is 0 Å². The first-order valence-electron chi connectivity index (χ1n) is 4.53. The number of aliphatic hydroxyl groups excluding tert-OH is 1. The van der Waals surface area contributed by atoms with Gasteiger partial charge in [0, 0.05) is 0 Å². The summed E-state index contributed by atoms with van der Waals surface area (Å²) in [6.45, 7) is 7.42. The molecular formula is C10H18NOS+. The molecule has 0 saturated heterocycles. The monoisotopic (exact) mass is 200 g/mol. The van der Waals surface area contributed by atoms with E-state index >= 15 is 0 Å². The van der Waals surface area contributed by atoms with Gasteiger partial charge in [-0.2, -0.15) is 0 Å². The lowest BCUT2D eigenvalue weighted by atomic mass is 10.1. The zero-order valence-corrected chi connectivity index (χ0v) is 9.32. The van der Waals surface area contributed by atoms with Crippen molar-refractivity contribution in [1.29, 1.82) is 0 Å². The van der Waals surface area contributed by atoms with Crippen molar-refractivity contribution >= 4 is 11.3 Å². The van der Waals surface area contributed by atoms with Gasteiger partial charge in [0.2, 0.25) is 0 Å². The third-order valence-corrected chi connectivity index (χ3v) is 3.26. The number of rotatable bonds is 4. The molecule has 2 nitrogen and oxygen atoms in total. The fourth-order valence-electron chi connectivity index (χ4n) is 1.05. The van der Waals surface area contributed by atoms with E-state index in [1.165, 1.54) is 10.4 Å². The lowest BCUT2D eigenvalue weighted by Gasteiger charge is -2.19. The maximum Gasteiger partial charge on any atom is 0.114 e. The zero-order valence-electron chi connectivity index (χ0n) is 8.50. The van der Waals surface area contributed by atoms with Crippen molar-refractivity contribution in [2.45, 2.75) is 32.9 Å². The highest BCUT2D eigenvalue weighted by Gasteiger charge is 2.19. The molecule has 3 heteroatoms. The number of hydrogen-bond acceptors (Lipinski definition) is 2. The van der Waals surface area contributed by atoms with Gasteiger partial charge in [-0.25, -0.2) is 0 Å². The van der Waals surface area contributed by atoms with E-state index in [2.05, 4.69) is 37.5 Å². The van der Waals surface area contributed by atoms with Crippen LogP contribution >= 0.6 is 11.3 Å². The SMILES string of the molecule is Cc1ccsc1C[NH2+]C(C)(C)CO. The topological polar surface area (TPSA) is 36.8 Å². The second-order valence-electron chi connectivity index (χ2n) is 4.08. The molecular weight excluding hydrogens is 182 g/mol. The average Bonchev–Trinajstić information content (AvgIpc) is 2.48. The van der Waals surface area contributed by atoms with E-state index in [4.69, 9.17) is 5.11 Å². The van der Waals surface area contributed by atoms with Crippen LogP contribution in [0.25, 0.3) is 0 Å². The molecule has 0 fully saturated rings. The van der Waals surface area contributed by atoms with Crippen LogP contribution in [0.1, 0.15) is 24.3 Å². The molecule has 3 N–H and O–H groups in total. The smallest absolute Gasteiger partial charge is 0.114 e. The summed E-state index contributed by atoms with van der Waals surface area (Å²) in [5.41, 5.74) is 1.30. The lowest BCUT2D eigenvalue weighted by molar-refractivity contribution is -0.736. The Morgan fingerprint density at radius 2 is 2.23 bits per heavy atom. The van der Waals surface area contributed by atoms with E-state index < -0.39 is 0 Å². The first-order valence-corrected chi connectivity index (χ1v) is 5.41. The summed E-state index contributed by atoms with van der Waals surface area (Å²) in [5.74, 6) is 0. The fraction of sp³-hybridized carbons (Fsp3) is 0.600. The number of quaternary nitrogens is 1. The molecule has 0 aromatic carbocycles. The van der Waals surface area contributed by atoms with Crippen LogP contribution in [0.5, 0.6) is 0 Å². The average molecular weight is 200 g/mol. The molecule has 0 amide bonds. The third kappa shape index (κ3) is 3.10. The normalized spacial score (nSPS) is 12.0. The third-order valence-electron chi connectivity index (χ3n) is 2.22. The van der Waals surface area contributed by atoms with E-state index in [1.54, 1.807) is 11.3 Å². The lowest BCUT2D eigenvalue weighted by Crippen LogP contribution is -2.95. The highest BCUT2D eigenvalue weighted by molar-refractivity contribution is 7.10. The van der Waals surface area contributed by atoms with E-state index in [0.717, 1.165) is 6.54 Å². The molecule has 1 aromatic rings. The van der Waals surface area contributed by atoms with Gasteiger partial charge in [-0.3, -0.25) is 0 Å². The van der Waals surface area contributed by atoms with Crippen molar-refractivity contribution < 1.29 is 10.4 Å². The molecule has 0 radical (unpaired) electrons.